The van der Waals surface area contributed by atoms with Crippen LogP contribution in [0, 0.1) is 0 Å². The van der Waals surface area contributed by atoms with Crippen LogP contribution in [0.15, 0.2) is 30.6 Å². The van der Waals surface area contributed by atoms with Gasteiger partial charge in [-0.05, 0) is 36.6 Å². The fourth-order valence-corrected chi connectivity index (χ4v) is 2.53. The molecule has 3 rings (SSSR count). The maximum Gasteiger partial charge on any atom is 0.335 e. The summed E-state index contributed by atoms with van der Waals surface area (Å²) in [7, 11) is 0. The van der Waals surface area contributed by atoms with Crippen LogP contribution >= 0.6 is 0 Å². The highest BCUT2D eigenvalue weighted by atomic mass is 16.4. The van der Waals surface area contributed by atoms with Crippen molar-refractivity contribution in [1.29, 1.82) is 0 Å². The van der Waals surface area contributed by atoms with Crippen LogP contribution in [0.2, 0.25) is 0 Å². The molecule has 0 bridgehead atoms. The average Bonchev–Trinajstić information content (AvgIpc) is 2.98. The van der Waals surface area contributed by atoms with E-state index in [4.69, 9.17) is 5.11 Å². The van der Waals surface area contributed by atoms with E-state index in [0.29, 0.717) is 6.54 Å². The van der Waals surface area contributed by atoms with Crippen molar-refractivity contribution in [3.8, 4) is 0 Å². The van der Waals surface area contributed by atoms with Gasteiger partial charge in [0.15, 0.2) is 0 Å². The number of benzene rings is 1. The third-order valence-electron chi connectivity index (χ3n) is 3.52. The number of fused-ring (bicyclic) bond motifs is 1. The third kappa shape index (κ3) is 2.62. The van der Waals surface area contributed by atoms with E-state index < -0.39 is 5.97 Å². The maximum absolute atomic E-state index is 12.4. The Kier molecular flexibility index (Phi) is 3.39. The summed E-state index contributed by atoms with van der Waals surface area (Å²) in [4.78, 5) is 25.1. The van der Waals surface area contributed by atoms with Crippen LogP contribution in [0.3, 0.4) is 0 Å². The molecule has 0 spiro atoms. The van der Waals surface area contributed by atoms with Crippen LogP contribution in [0.25, 0.3) is 0 Å². The highest BCUT2D eigenvalue weighted by Gasteiger charge is 2.23. The first-order chi connectivity index (χ1) is 10.1. The standard InChI is InChI=1S/C14H14N4O3/c19-13(9-17-7-5-15-16-17)18-6-1-2-10-8-11(14(20)21)3-4-12(10)18/h3-5,7-8H,1-2,6,9H2,(H,20,21). The van der Waals surface area contributed by atoms with E-state index in [2.05, 4.69) is 10.3 Å². The van der Waals surface area contributed by atoms with Gasteiger partial charge in [-0.25, -0.2) is 9.48 Å². The Hall–Kier alpha value is -2.70. The molecule has 0 aliphatic carbocycles. The lowest BCUT2D eigenvalue weighted by Crippen LogP contribution is -2.38. The molecule has 1 aliphatic heterocycles. The van der Waals surface area contributed by atoms with E-state index in [-0.39, 0.29) is 18.0 Å². The number of aromatic nitrogens is 3. The van der Waals surface area contributed by atoms with Crippen LogP contribution < -0.4 is 4.90 Å². The topological polar surface area (TPSA) is 88.3 Å². The maximum atomic E-state index is 12.4. The molecule has 0 saturated heterocycles. The van der Waals surface area contributed by atoms with Crippen molar-refractivity contribution in [1.82, 2.24) is 15.0 Å². The minimum absolute atomic E-state index is 0.0791. The number of nitrogens with zero attached hydrogens (tertiary/aromatic N) is 4. The number of carboxylic acids is 1. The summed E-state index contributed by atoms with van der Waals surface area (Å²) in [6, 6.07) is 4.88. The van der Waals surface area contributed by atoms with Crippen molar-refractivity contribution in [2.45, 2.75) is 19.4 Å². The number of hydrogen-bond acceptors (Lipinski definition) is 4. The van der Waals surface area contributed by atoms with Gasteiger partial charge in [-0.1, -0.05) is 5.21 Å². The Labute approximate surface area is 120 Å². The lowest BCUT2D eigenvalue weighted by molar-refractivity contribution is -0.119. The number of rotatable bonds is 3. The van der Waals surface area contributed by atoms with Crippen LogP contribution in [0.1, 0.15) is 22.3 Å². The minimum atomic E-state index is -0.955. The second-order valence-corrected chi connectivity index (χ2v) is 4.90. The molecule has 1 aromatic carbocycles. The van der Waals surface area contributed by atoms with Gasteiger partial charge < -0.3 is 10.0 Å². The molecule has 2 aromatic rings. The summed E-state index contributed by atoms with van der Waals surface area (Å²) in [5, 5.41) is 16.5. The largest absolute Gasteiger partial charge is 0.478 e. The number of hydrogen-bond donors (Lipinski definition) is 1. The van der Waals surface area contributed by atoms with Gasteiger partial charge in [0.05, 0.1) is 11.8 Å². The van der Waals surface area contributed by atoms with Crippen LogP contribution in [-0.2, 0) is 17.8 Å². The number of amides is 1. The summed E-state index contributed by atoms with van der Waals surface area (Å²) >= 11 is 0. The van der Waals surface area contributed by atoms with Gasteiger partial charge in [0, 0.05) is 18.4 Å². The average molecular weight is 286 g/mol. The van der Waals surface area contributed by atoms with E-state index in [1.807, 2.05) is 0 Å². The van der Waals surface area contributed by atoms with Crippen molar-refractivity contribution in [2.75, 3.05) is 11.4 Å². The lowest BCUT2D eigenvalue weighted by Gasteiger charge is -2.29. The molecule has 21 heavy (non-hydrogen) atoms. The van der Waals surface area contributed by atoms with Crippen molar-refractivity contribution in [3.63, 3.8) is 0 Å². The van der Waals surface area contributed by atoms with Gasteiger partial charge in [-0.15, -0.1) is 5.10 Å². The predicted octanol–water partition coefficient (Wildman–Crippen LogP) is 0.956. The third-order valence-corrected chi connectivity index (χ3v) is 3.52. The number of carbonyl (C=O) groups excluding carboxylic acids is 1. The molecule has 2 heterocycles. The Morgan fingerprint density at radius 3 is 2.90 bits per heavy atom. The van der Waals surface area contributed by atoms with Crippen molar-refractivity contribution >= 4 is 17.6 Å². The fourth-order valence-electron chi connectivity index (χ4n) is 2.53. The van der Waals surface area contributed by atoms with Crippen LogP contribution in [-0.4, -0.2) is 38.5 Å². The lowest BCUT2D eigenvalue weighted by atomic mass is 9.99. The summed E-state index contributed by atoms with van der Waals surface area (Å²) < 4.78 is 1.47. The summed E-state index contributed by atoms with van der Waals surface area (Å²) in [6.07, 6.45) is 4.76. The number of carbonyl (C=O) groups is 2. The summed E-state index contributed by atoms with van der Waals surface area (Å²) in [6.45, 7) is 0.757. The SMILES string of the molecule is O=C(O)c1ccc2c(c1)CCCN2C(=O)Cn1ccnn1. The van der Waals surface area contributed by atoms with Gasteiger partial charge in [0.1, 0.15) is 6.54 Å². The van der Waals surface area contributed by atoms with Crippen LogP contribution in [0.5, 0.6) is 0 Å². The molecule has 108 valence electrons. The zero-order valence-corrected chi connectivity index (χ0v) is 11.3. The van der Waals surface area contributed by atoms with Gasteiger partial charge >= 0.3 is 5.97 Å². The van der Waals surface area contributed by atoms with E-state index in [9.17, 15) is 9.59 Å². The molecular formula is C14H14N4O3. The minimum Gasteiger partial charge on any atom is -0.478 e. The second-order valence-electron chi connectivity index (χ2n) is 4.90. The van der Waals surface area contributed by atoms with Gasteiger partial charge in [0.25, 0.3) is 0 Å². The predicted molar refractivity (Wildman–Crippen MR) is 74.1 cm³/mol. The van der Waals surface area contributed by atoms with Gasteiger partial charge in [-0.3, -0.25) is 4.79 Å². The zero-order valence-electron chi connectivity index (χ0n) is 11.3. The van der Waals surface area contributed by atoms with E-state index in [0.717, 1.165) is 24.1 Å². The van der Waals surface area contributed by atoms with E-state index in [1.54, 1.807) is 23.2 Å². The normalized spacial score (nSPS) is 13.8. The molecule has 0 atom stereocenters. The fraction of sp³-hybridized carbons (Fsp3) is 0.286. The number of anilines is 1. The molecule has 0 fully saturated rings. The number of carboxylic acid groups (broad SMARTS) is 1. The van der Waals surface area contributed by atoms with E-state index in [1.165, 1.54) is 16.9 Å². The molecule has 0 unspecified atom stereocenters. The molecular weight excluding hydrogens is 272 g/mol. The highest BCUT2D eigenvalue weighted by molar-refractivity contribution is 5.95. The summed E-state index contributed by atoms with van der Waals surface area (Å²) in [5.74, 6) is -1.03. The van der Waals surface area contributed by atoms with Gasteiger partial charge in [-0.2, -0.15) is 0 Å². The van der Waals surface area contributed by atoms with E-state index >= 15 is 0 Å². The Morgan fingerprint density at radius 2 is 2.19 bits per heavy atom. The molecule has 1 N–H and O–H groups in total. The molecule has 0 radical (unpaired) electrons. The van der Waals surface area contributed by atoms with Crippen molar-refractivity contribution < 1.29 is 14.7 Å². The molecule has 7 nitrogen and oxygen atoms in total. The monoisotopic (exact) mass is 286 g/mol. The highest BCUT2D eigenvalue weighted by Crippen LogP contribution is 2.28. The number of aryl methyl sites for hydroxylation is 1. The molecule has 1 aromatic heterocycles. The first-order valence-electron chi connectivity index (χ1n) is 6.66. The second kappa shape index (κ2) is 5.35. The Balaban J connectivity index is 1.86. The first-order valence-corrected chi connectivity index (χ1v) is 6.66. The smallest absolute Gasteiger partial charge is 0.335 e. The molecule has 7 heteroatoms. The van der Waals surface area contributed by atoms with Crippen molar-refractivity contribution in [3.05, 3.63) is 41.7 Å². The zero-order chi connectivity index (χ0) is 14.8. The summed E-state index contributed by atoms with van der Waals surface area (Å²) in [5.41, 5.74) is 1.93. The quantitative estimate of drug-likeness (QED) is 0.907. The molecule has 1 aliphatic rings. The Morgan fingerprint density at radius 1 is 1.33 bits per heavy atom. The van der Waals surface area contributed by atoms with Crippen LogP contribution in [0.4, 0.5) is 5.69 Å². The molecule has 1 amide bonds. The van der Waals surface area contributed by atoms with Crippen molar-refractivity contribution in [2.24, 2.45) is 0 Å². The molecule has 0 saturated carbocycles. The first kappa shape index (κ1) is 13.3. The van der Waals surface area contributed by atoms with Gasteiger partial charge in [0.2, 0.25) is 5.91 Å². The number of aromatic carboxylic acids is 1. The Bertz CT molecular complexity index is 682.